The fraction of sp³-hybridized carbons (Fsp3) is 0.231. The van der Waals surface area contributed by atoms with Gasteiger partial charge in [-0.3, -0.25) is 0 Å². The van der Waals surface area contributed by atoms with Gasteiger partial charge in [-0.15, -0.1) is 23.2 Å². The molecule has 0 saturated carbocycles. The van der Waals surface area contributed by atoms with Crippen LogP contribution in [0.4, 0.5) is 0 Å². The van der Waals surface area contributed by atoms with Crippen LogP contribution in [0, 0.1) is 0 Å². The van der Waals surface area contributed by atoms with Crippen LogP contribution in [-0.2, 0) is 0 Å². The molecule has 0 spiro atoms. The van der Waals surface area contributed by atoms with Crippen molar-refractivity contribution in [2.24, 2.45) is 0 Å². The average Bonchev–Trinajstić information content (AvgIpc) is 2.36. The summed E-state index contributed by atoms with van der Waals surface area (Å²) < 4.78 is 0. The van der Waals surface area contributed by atoms with Crippen LogP contribution in [0.15, 0.2) is 42.5 Å². The minimum atomic E-state index is -0.465. The summed E-state index contributed by atoms with van der Waals surface area (Å²) in [6, 6.07) is 13.9. The lowest BCUT2D eigenvalue weighted by molar-refractivity contribution is 0.290. The minimum Gasteiger partial charge on any atom is -0.395 e. The first-order chi connectivity index (χ1) is 7.74. The van der Waals surface area contributed by atoms with Gasteiger partial charge in [-0.05, 0) is 16.3 Å². The molecule has 0 unspecified atom stereocenters. The SMILES string of the molecule is OC[C@H](Cl)[C@H](Cl)c1cccc2ccccc12. The largest absolute Gasteiger partial charge is 0.395 e. The predicted molar refractivity (Wildman–Crippen MR) is 69.3 cm³/mol. The molecule has 0 aliphatic rings. The third-order valence-corrected chi connectivity index (χ3v) is 3.67. The van der Waals surface area contributed by atoms with Gasteiger partial charge in [0.1, 0.15) is 0 Å². The zero-order chi connectivity index (χ0) is 11.5. The Balaban J connectivity index is 2.52. The van der Waals surface area contributed by atoms with Crippen LogP contribution in [0.2, 0.25) is 0 Å². The summed E-state index contributed by atoms with van der Waals surface area (Å²) in [6.45, 7) is -0.126. The van der Waals surface area contributed by atoms with Crippen molar-refractivity contribution in [2.45, 2.75) is 10.8 Å². The second-order valence-electron chi connectivity index (χ2n) is 3.67. The molecule has 1 N–H and O–H groups in total. The molecule has 1 nitrogen and oxygen atoms in total. The van der Waals surface area contributed by atoms with Crippen LogP contribution in [0.25, 0.3) is 10.8 Å². The number of halogens is 2. The molecule has 2 rings (SSSR count). The molecule has 0 saturated heterocycles. The smallest absolute Gasteiger partial charge is 0.0777 e. The molecule has 84 valence electrons. The van der Waals surface area contributed by atoms with Crippen molar-refractivity contribution in [3.8, 4) is 0 Å². The second kappa shape index (κ2) is 5.05. The number of aliphatic hydroxyl groups is 1. The first-order valence-corrected chi connectivity index (χ1v) is 5.98. The Morgan fingerprint density at radius 2 is 1.69 bits per heavy atom. The fourth-order valence-electron chi connectivity index (χ4n) is 1.78. The molecule has 0 bridgehead atoms. The molecule has 2 atom stereocenters. The highest BCUT2D eigenvalue weighted by molar-refractivity contribution is 6.30. The Hall–Kier alpha value is -0.760. The van der Waals surface area contributed by atoms with E-state index < -0.39 is 5.38 Å². The Kier molecular flexibility index (Phi) is 3.70. The van der Waals surface area contributed by atoms with E-state index >= 15 is 0 Å². The van der Waals surface area contributed by atoms with Crippen molar-refractivity contribution < 1.29 is 5.11 Å². The van der Waals surface area contributed by atoms with E-state index in [-0.39, 0.29) is 12.0 Å². The van der Waals surface area contributed by atoms with Crippen LogP contribution in [0.5, 0.6) is 0 Å². The Bertz CT molecular complexity index is 479. The topological polar surface area (TPSA) is 20.2 Å². The summed E-state index contributed by atoms with van der Waals surface area (Å²) in [6.07, 6.45) is 0. The number of rotatable bonds is 3. The van der Waals surface area contributed by atoms with Crippen molar-refractivity contribution in [2.75, 3.05) is 6.61 Å². The van der Waals surface area contributed by atoms with Crippen molar-refractivity contribution in [1.82, 2.24) is 0 Å². The number of benzene rings is 2. The maximum atomic E-state index is 9.02. The first-order valence-electron chi connectivity index (χ1n) is 5.10. The third kappa shape index (κ3) is 2.17. The van der Waals surface area contributed by atoms with Crippen LogP contribution in [0.3, 0.4) is 0 Å². The van der Waals surface area contributed by atoms with Crippen LogP contribution >= 0.6 is 23.2 Å². The van der Waals surface area contributed by atoms with Gasteiger partial charge < -0.3 is 5.11 Å². The molecular weight excluding hydrogens is 243 g/mol. The number of hydrogen-bond acceptors (Lipinski definition) is 1. The van der Waals surface area contributed by atoms with Crippen LogP contribution in [0.1, 0.15) is 10.9 Å². The molecule has 0 radical (unpaired) electrons. The van der Waals surface area contributed by atoms with Gasteiger partial charge in [-0.2, -0.15) is 0 Å². The lowest BCUT2D eigenvalue weighted by Gasteiger charge is -2.16. The maximum Gasteiger partial charge on any atom is 0.0777 e. The molecule has 2 aromatic rings. The van der Waals surface area contributed by atoms with E-state index in [1.807, 2.05) is 42.5 Å². The summed E-state index contributed by atoms with van der Waals surface area (Å²) in [5, 5.41) is 10.4. The lowest BCUT2D eigenvalue weighted by atomic mass is 10.0. The van der Waals surface area contributed by atoms with E-state index in [4.69, 9.17) is 28.3 Å². The zero-order valence-electron chi connectivity index (χ0n) is 8.61. The normalized spacial score (nSPS) is 14.9. The van der Waals surface area contributed by atoms with Crippen molar-refractivity contribution >= 4 is 34.0 Å². The van der Waals surface area contributed by atoms with Gasteiger partial charge in [0.2, 0.25) is 0 Å². The highest BCUT2D eigenvalue weighted by Crippen LogP contribution is 2.32. The molecule has 3 heteroatoms. The average molecular weight is 255 g/mol. The van der Waals surface area contributed by atoms with E-state index in [1.165, 1.54) is 0 Å². The van der Waals surface area contributed by atoms with Gasteiger partial charge >= 0.3 is 0 Å². The standard InChI is InChI=1S/C13H12Cl2O/c14-12(8-16)13(15)11-7-3-5-9-4-1-2-6-10(9)11/h1-7,12-13,16H,8H2/t12-,13+/m0/s1. The molecule has 2 aromatic carbocycles. The molecule has 0 aliphatic heterocycles. The molecule has 0 aromatic heterocycles. The van der Waals surface area contributed by atoms with Crippen molar-refractivity contribution in [3.63, 3.8) is 0 Å². The van der Waals surface area contributed by atoms with Gasteiger partial charge in [-0.1, -0.05) is 42.5 Å². The quantitative estimate of drug-likeness (QED) is 0.829. The number of hydrogen-bond donors (Lipinski definition) is 1. The zero-order valence-corrected chi connectivity index (χ0v) is 10.1. The maximum absolute atomic E-state index is 9.02. The van der Waals surface area contributed by atoms with Gasteiger partial charge in [0.15, 0.2) is 0 Å². The number of fused-ring (bicyclic) bond motifs is 1. The summed E-state index contributed by atoms with van der Waals surface area (Å²) in [4.78, 5) is 0. The van der Waals surface area contributed by atoms with Crippen LogP contribution in [-0.4, -0.2) is 17.1 Å². The molecule has 0 heterocycles. The van der Waals surface area contributed by atoms with E-state index in [0.717, 1.165) is 16.3 Å². The summed E-state index contributed by atoms with van der Waals surface area (Å²) in [5.41, 5.74) is 0.966. The molecule has 0 amide bonds. The fourth-order valence-corrected chi connectivity index (χ4v) is 2.18. The first kappa shape index (κ1) is 11.7. The van der Waals surface area contributed by atoms with E-state index in [0.29, 0.717) is 0 Å². The summed E-state index contributed by atoms with van der Waals surface area (Å²) in [7, 11) is 0. The summed E-state index contributed by atoms with van der Waals surface area (Å²) >= 11 is 12.2. The summed E-state index contributed by atoms with van der Waals surface area (Å²) in [5.74, 6) is 0. The van der Waals surface area contributed by atoms with Gasteiger partial charge in [0.25, 0.3) is 0 Å². The van der Waals surface area contributed by atoms with Gasteiger partial charge in [0.05, 0.1) is 17.4 Å². The third-order valence-electron chi connectivity index (χ3n) is 2.61. The highest BCUT2D eigenvalue weighted by atomic mass is 35.5. The monoisotopic (exact) mass is 254 g/mol. The van der Waals surface area contributed by atoms with Crippen LogP contribution < -0.4 is 0 Å². The lowest BCUT2D eigenvalue weighted by Crippen LogP contribution is -2.12. The predicted octanol–water partition coefficient (Wildman–Crippen LogP) is 3.72. The van der Waals surface area contributed by atoms with Crippen molar-refractivity contribution in [3.05, 3.63) is 48.0 Å². The molecule has 0 fully saturated rings. The minimum absolute atomic E-state index is 0.126. The van der Waals surface area contributed by atoms with E-state index in [2.05, 4.69) is 0 Å². The van der Waals surface area contributed by atoms with E-state index in [9.17, 15) is 0 Å². The van der Waals surface area contributed by atoms with E-state index in [1.54, 1.807) is 0 Å². The highest BCUT2D eigenvalue weighted by Gasteiger charge is 2.19. The van der Waals surface area contributed by atoms with Gasteiger partial charge in [0, 0.05) is 0 Å². The Labute approximate surface area is 105 Å². The number of aliphatic hydroxyl groups excluding tert-OH is 1. The number of alkyl halides is 2. The molecular formula is C13H12Cl2O. The van der Waals surface area contributed by atoms with Crippen molar-refractivity contribution in [1.29, 1.82) is 0 Å². The Morgan fingerprint density at radius 3 is 2.44 bits per heavy atom. The molecule has 0 aliphatic carbocycles. The Morgan fingerprint density at radius 1 is 1.00 bits per heavy atom. The van der Waals surface area contributed by atoms with Gasteiger partial charge in [-0.25, -0.2) is 0 Å². The second-order valence-corrected chi connectivity index (χ2v) is 4.70. The molecule has 16 heavy (non-hydrogen) atoms.